The third kappa shape index (κ3) is 4.49. The fraction of sp³-hybridized carbons (Fsp3) is 0.278. The molecule has 0 N–H and O–H groups in total. The molecule has 0 atom stereocenters. The van der Waals surface area contributed by atoms with Crippen LogP contribution in [0.1, 0.15) is 26.6 Å². The van der Waals surface area contributed by atoms with E-state index in [1.807, 2.05) is 51.5 Å². The van der Waals surface area contributed by atoms with Gasteiger partial charge in [0, 0.05) is 48.4 Å². The number of carbonyl (C=O) groups is 1. The van der Waals surface area contributed by atoms with Gasteiger partial charge in [-0.05, 0) is 19.1 Å². The first-order valence-corrected chi connectivity index (χ1v) is 9.75. The second-order valence-electron chi connectivity index (χ2n) is 5.83. The van der Waals surface area contributed by atoms with Crippen molar-refractivity contribution in [3.63, 3.8) is 0 Å². The number of hydrogen-bond donors (Lipinski definition) is 0. The van der Waals surface area contributed by atoms with Crippen LogP contribution in [0.5, 0.6) is 0 Å². The number of nitrogens with zero attached hydrogens (tertiary/aromatic N) is 4. The van der Waals surface area contributed by atoms with Crippen LogP contribution in [0, 0.1) is 6.92 Å². The summed E-state index contributed by atoms with van der Waals surface area (Å²) in [6.45, 7) is 2.54. The predicted octanol–water partition coefficient (Wildman–Crippen LogP) is 3.75. The number of hydrogen-bond acceptors (Lipinski definition) is 5. The number of amides is 1. The Morgan fingerprint density at radius 1 is 1.36 bits per heavy atom. The summed E-state index contributed by atoms with van der Waals surface area (Å²) in [5, 5.41) is 7.29. The lowest BCUT2D eigenvalue weighted by atomic mass is 10.2. The van der Waals surface area contributed by atoms with Gasteiger partial charge in [-0.15, -0.1) is 23.1 Å². The average molecular weight is 373 g/mol. The highest BCUT2D eigenvalue weighted by atomic mass is 32.2. The zero-order chi connectivity index (χ0) is 17.8. The molecular weight excluding hydrogens is 352 g/mol. The topological polar surface area (TPSA) is 51.0 Å². The second kappa shape index (κ2) is 7.84. The van der Waals surface area contributed by atoms with Crippen LogP contribution >= 0.6 is 23.1 Å². The lowest BCUT2D eigenvalue weighted by Crippen LogP contribution is -2.26. The van der Waals surface area contributed by atoms with Crippen molar-refractivity contribution in [2.45, 2.75) is 24.1 Å². The van der Waals surface area contributed by atoms with Crippen LogP contribution in [0.3, 0.4) is 0 Å². The van der Waals surface area contributed by atoms with E-state index in [-0.39, 0.29) is 5.91 Å². The maximum Gasteiger partial charge on any atom is 0.255 e. The summed E-state index contributed by atoms with van der Waals surface area (Å²) in [4.78, 5) is 20.1. The highest BCUT2D eigenvalue weighted by Gasteiger charge is 2.17. The van der Waals surface area contributed by atoms with Gasteiger partial charge in [0.1, 0.15) is 0 Å². The Morgan fingerprint density at radius 2 is 2.16 bits per heavy atom. The maximum absolute atomic E-state index is 12.9. The molecule has 0 unspecified atom stereocenters. The van der Waals surface area contributed by atoms with Crippen molar-refractivity contribution in [3.05, 3.63) is 63.9 Å². The van der Waals surface area contributed by atoms with Crippen LogP contribution < -0.4 is 0 Å². The Hall–Kier alpha value is -2.12. The van der Waals surface area contributed by atoms with Crippen molar-refractivity contribution < 1.29 is 4.79 Å². The number of benzene rings is 1. The zero-order valence-corrected chi connectivity index (χ0v) is 16.1. The number of aromatic nitrogens is 3. The van der Waals surface area contributed by atoms with Crippen LogP contribution in [-0.4, -0.2) is 32.6 Å². The summed E-state index contributed by atoms with van der Waals surface area (Å²) in [5.41, 5.74) is 2.80. The lowest BCUT2D eigenvalue weighted by Gasteiger charge is -2.18. The Kier molecular flexibility index (Phi) is 5.55. The van der Waals surface area contributed by atoms with Crippen molar-refractivity contribution in [1.82, 2.24) is 19.7 Å². The molecule has 3 rings (SSSR count). The van der Waals surface area contributed by atoms with E-state index in [2.05, 4.69) is 15.5 Å². The molecule has 5 nitrogen and oxygen atoms in total. The van der Waals surface area contributed by atoms with Crippen LogP contribution in [0.4, 0.5) is 0 Å². The molecular formula is C18H20N4OS2. The normalized spacial score (nSPS) is 10.8. The van der Waals surface area contributed by atoms with Gasteiger partial charge in [0.05, 0.1) is 22.5 Å². The minimum Gasteiger partial charge on any atom is -0.337 e. The fourth-order valence-corrected chi connectivity index (χ4v) is 4.16. The molecule has 0 aliphatic heterocycles. The number of thiazole rings is 1. The molecule has 0 radical (unpaired) electrons. The highest BCUT2D eigenvalue weighted by Crippen LogP contribution is 2.27. The van der Waals surface area contributed by atoms with Gasteiger partial charge in [-0.3, -0.25) is 9.48 Å². The molecule has 1 amide bonds. The van der Waals surface area contributed by atoms with E-state index in [0.29, 0.717) is 6.54 Å². The summed E-state index contributed by atoms with van der Waals surface area (Å²) >= 11 is 3.30. The third-order valence-corrected chi connectivity index (χ3v) is 5.61. The van der Waals surface area contributed by atoms with E-state index in [9.17, 15) is 4.79 Å². The van der Waals surface area contributed by atoms with Gasteiger partial charge in [0.2, 0.25) is 0 Å². The molecule has 2 heterocycles. The molecule has 3 aromatic rings. The minimum atomic E-state index is 0.0152. The molecule has 1 aromatic carbocycles. The highest BCUT2D eigenvalue weighted by molar-refractivity contribution is 7.98. The predicted molar refractivity (Wildman–Crippen MR) is 102 cm³/mol. The van der Waals surface area contributed by atoms with Gasteiger partial charge in [-0.1, -0.05) is 12.1 Å². The quantitative estimate of drug-likeness (QED) is 0.619. The standard InChI is InChI=1S/C18H20N4OS2/c1-13-20-15(11-24-13)12-25-17-7-5-4-6-16(17)18(23)21(2)9-14-8-19-22(3)10-14/h4-8,10-11H,9,12H2,1-3H3. The molecule has 0 aliphatic rings. The molecule has 0 saturated heterocycles. The smallest absolute Gasteiger partial charge is 0.255 e. The summed E-state index contributed by atoms with van der Waals surface area (Å²) in [6, 6.07) is 7.75. The third-order valence-electron chi connectivity index (χ3n) is 3.68. The fourth-order valence-electron chi connectivity index (χ4n) is 2.50. The molecule has 0 aliphatic carbocycles. The SMILES string of the molecule is Cc1nc(CSc2ccccc2C(=O)N(C)Cc2cnn(C)c2)cs1. The molecule has 2 aromatic heterocycles. The first-order valence-electron chi connectivity index (χ1n) is 7.89. The maximum atomic E-state index is 12.9. The second-order valence-corrected chi connectivity index (χ2v) is 7.91. The molecule has 130 valence electrons. The zero-order valence-electron chi connectivity index (χ0n) is 14.5. The van der Waals surface area contributed by atoms with Crippen LogP contribution in [0.25, 0.3) is 0 Å². The lowest BCUT2D eigenvalue weighted by molar-refractivity contribution is 0.0781. The summed E-state index contributed by atoms with van der Waals surface area (Å²) in [6.07, 6.45) is 3.71. The number of carbonyl (C=O) groups excluding carboxylic acids is 1. The van der Waals surface area contributed by atoms with Crippen LogP contribution in [-0.2, 0) is 19.3 Å². The Morgan fingerprint density at radius 3 is 2.84 bits per heavy atom. The molecule has 0 fully saturated rings. The van der Waals surface area contributed by atoms with Crippen molar-refractivity contribution in [2.24, 2.45) is 7.05 Å². The molecule has 0 spiro atoms. The summed E-state index contributed by atoms with van der Waals surface area (Å²) in [5.74, 6) is 0.780. The molecule has 0 saturated carbocycles. The first-order chi connectivity index (χ1) is 12.0. The van der Waals surface area contributed by atoms with Crippen molar-refractivity contribution in [1.29, 1.82) is 0 Å². The van der Waals surface area contributed by atoms with Crippen molar-refractivity contribution in [2.75, 3.05) is 7.05 Å². The van der Waals surface area contributed by atoms with Gasteiger partial charge < -0.3 is 4.90 Å². The van der Waals surface area contributed by atoms with Gasteiger partial charge in [-0.25, -0.2) is 4.98 Å². The number of rotatable bonds is 6. The van der Waals surface area contributed by atoms with E-state index >= 15 is 0 Å². The van der Waals surface area contributed by atoms with E-state index in [0.717, 1.165) is 32.5 Å². The number of thioether (sulfide) groups is 1. The van der Waals surface area contributed by atoms with Crippen LogP contribution in [0.2, 0.25) is 0 Å². The van der Waals surface area contributed by atoms with Gasteiger partial charge in [0.15, 0.2) is 0 Å². The average Bonchev–Trinajstić information content (AvgIpc) is 3.20. The Labute approximate surface area is 155 Å². The largest absolute Gasteiger partial charge is 0.337 e. The Balaban J connectivity index is 1.71. The van der Waals surface area contributed by atoms with E-state index < -0.39 is 0 Å². The van der Waals surface area contributed by atoms with Gasteiger partial charge in [0.25, 0.3) is 5.91 Å². The Bertz CT molecular complexity index is 871. The van der Waals surface area contributed by atoms with E-state index in [1.165, 1.54) is 0 Å². The van der Waals surface area contributed by atoms with Crippen LogP contribution in [0.15, 0.2) is 46.9 Å². The summed E-state index contributed by atoms with van der Waals surface area (Å²) < 4.78 is 1.74. The van der Waals surface area contributed by atoms with Gasteiger partial charge in [-0.2, -0.15) is 5.10 Å². The molecule has 7 heteroatoms. The number of aryl methyl sites for hydroxylation is 2. The molecule has 0 bridgehead atoms. The van der Waals surface area contributed by atoms with E-state index in [1.54, 1.807) is 38.9 Å². The monoisotopic (exact) mass is 372 g/mol. The minimum absolute atomic E-state index is 0.0152. The molecule has 25 heavy (non-hydrogen) atoms. The van der Waals surface area contributed by atoms with Gasteiger partial charge >= 0.3 is 0 Å². The first kappa shape index (κ1) is 17.7. The van der Waals surface area contributed by atoms with E-state index in [4.69, 9.17) is 0 Å². The van der Waals surface area contributed by atoms with Crippen molar-refractivity contribution in [3.8, 4) is 0 Å². The summed E-state index contributed by atoms with van der Waals surface area (Å²) in [7, 11) is 3.69. The van der Waals surface area contributed by atoms with Crippen molar-refractivity contribution >= 4 is 29.0 Å².